The van der Waals surface area contributed by atoms with Crippen molar-refractivity contribution in [2.75, 3.05) is 5.32 Å². The molecule has 2 aliphatic rings. The first-order valence-electron chi connectivity index (χ1n) is 8.77. The third-order valence-electron chi connectivity index (χ3n) is 4.60. The summed E-state index contributed by atoms with van der Waals surface area (Å²) >= 11 is 0. The van der Waals surface area contributed by atoms with Crippen LogP contribution in [0.5, 0.6) is 11.8 Å². The van der Waals surface area contributed by atoms with Gasteiger partial charge in [-0.05, 0) is 74.3 Å². The highest BCUT2D eigenvalue weighted by molar-refractivity contribution is 6.00. The van der Waals surface area contributed by atoms with Crippen LogP contribution in [0.1, 0.15) is 31.2 Å². The van der Waals surface area contributed by atoms with Gasteiger partial charge in [-0.15, -0.1) is 0 Å². The lowest BCUT2D eigenvalue weighted by molar-refractivity contribution is -0.112. The molecule has 0 bridgehead atoms. The van der Waals surface area contributed by atoms with Gasteiger partial charge in [0.25, 0.3) is 0 Å². The van der Waals surface area contributed by atoms with Gasteiger partial charge >= 0.3 is 6.01 Å². The Morgan fingerprint density at radius 1 is 1.16 bits per heavy atom. The molecule has 2 aromatic rings. The number of allylic oxidation sites excluding steroid dienone is 1. The fourth-order valence-corrected chi connectivity index (χ4v) is 3.01. The predicted molar refractivity (Wildman–Crippen MR) is 95.4 cm³/mol. The molecule has 1 amide bonds. The minimum absolute atomic E-state index is 0.0306. The molecule has 128 valence electrons. The fourth-order valence-electron chi connectivity index (χ4n) is 3.01. The lowest BCUT2D eigenvalue weighted by Gasteiger charge is -2.10. The molecule has 25 heavy (non-hydrogen) atoms. The average Bonchev–Trinajstić information content (AvgIpc) is 3.49. The second-order valence-corrected chi connectivity index (χ2v) is 6.79. The number of ether oxygens (including phenoxy) is 1. The van der Waals surface area contributed by atoms with Gasteiger partial charge in [-0.2, -0.15) is 0 Å². The molecule has 4 rings (SSSR count). The van der Waals surface area contributed by atoms with E-state index in [1.54, 1.807) is 18.5 Å². The van der Waals surface area contributed by atoms with Crippen LogP contribution >= 0.6 is 0 Å². The Morgan fingerprint density at radius 2 is 1.84 bits per heavy atom. The Labute approximate surface area is 147 Å². The summed E-state index contributed by atoms with van der Waals surface area (Å²) in [6.45, 7) is 1.95. The summed E-state index contributed by atoms with van der Waals surface area (Å²) in [5.41, 5.74) is 3.10. The van der Waals surface area contributed by atoms with Gasteiger partial charge in [-0.1, -0.05) is 5.57 Å². The number of carbonyl (C=O) groups is 1. The second-order valence-electron chi connectivity index (χ2n) is 6.79. The normalized spacial score (nSPS) is 16.2. The highest BCUT2D eigenvalue weighted by atomic mass is 16.5. The summed E-state index contributed by atoms with van der Waals surface area (Å²) in [6.07, 6.45) is 10.0. The van der Waals surface area contributed by atoms with E-state index in [1.165, 1.54) is 31.3 Å². The van der Waals surface area contributed by atoms with Crippen LogP contribution in [-0.4, -0.2) is 15.9 Å². The van der Waals surface area contributed by atoms with E-state index in [2.05, 4.69) is 15.3 Å². The van der Waals surface area contributed by atoms with Gasteiger partial charge in [-0.3, -0.25) is 4.79 Å². The van der Waals surface area contributed by atoms with Gasteiger partial charge < -0.3 is 10.1 Å². The number of aromatic nitrogens is 2. The third kappa shape index (κ3) is 4.05. The molecule has 0 unspecified atom stereocenters. The Hall–Kier alpha value is -2.69. The van der Waals surface area contributed by atoms with Crippen LogP contribution in [0.25, 0.3) is 0 Å². The van der Waals surface area contributed by atoms with Crippen LogP contribution in [0.4, 0.5) is 5.69 Å². The summed E-state index contributed by atoms with van der Waals surface area (Å²) in [7, 11) is 0. The zero-order valence-corrected chi connectivity index (χ0v) is 14.2. The maximum Gasteiger partial charge on any atom is 0.321 e. The van der Waals surface area contributed by atoms with Crippen LogP contribution < -0.4 is 10.1 Å². The maximum atomic E-state index is 12.4. The summed E-state index contributed by atoms with van der Waals surface area (Å²) in [5.74, 6) is 1.92. The number of benzene rings is 1. The third-order valence-corrected chi connectivity index (χ3v) is 4.60. The minimum Gasteiger partial charge on any atom is -0.424 e. The molecular formula is C20H21N3O2. The summed E-state index contributed by atoms with van der Waals surface area (Å²) < 4.78 is 5.62. The molecule has 0 atom stereocenters. The molecule has 0 saturated heterocycles. The van der Waals surface area contributed by atoms with Crippen LogP contribution in [0.3, 0.4) is 0 Å². The number of aryl methyl sites for hydroxylation is 1. The van der Waals surface area contributed by atoms with Crippen molar-refractivity contribution >= 4 is 11.6 Å². The van der Waals surface area contributed by atoms with Crippen molar-refractivity contribution in [2.45, 2.75) is 32.6 Å². The van der Waals surface area contributed by atoms with Crippen molar-refractivity contribution in [2.24, 2.45) is 11.8 Å². The first kappa shape index (κ1) is 15.8. The van der Waals surface area contributed by atoms with Crippen LogP contribution in [0, 0.1) is 18.8 Å². The number of nitrogens with zero attached hydrogens (tertiary/aromatic N) is 2. The molecule has 1 N–H and O–H groups in total. The molecular weight excluding hydrogens is 314 g/mol. The van der Waals surface area contributed by atoms with Gasteiger partial charge in [0.05, 0.1) is 0 Å². The highest BCUT2D eigenvalue weighted by Crippen LogP contribution is 2.48. The van der Waals surface area contributed by atoms with E-state index in [4.69, 9.17) is 4.74 Å². The van der Waals surface area contributed by atoms with Crippen molar-refractivity contribution in [1.29, 1.82) is 0 Å². The van der Waals surface area contributed by atoms with Gasteiger partial charge in [0.1, 0.15) is 5.75 Å². The van der Waals surface area contributed by atoms with Gasteiger partial charge in [0.2, 0.25) is 5.91 Å². The number of hydrogen-bond donors (Lipinski definition) is 1. The number of amides is 1. The maximum absolute atomic E-state index is 12.4. The lowest BCUT2D eigenvalue weighted by Crippen LogP contribution is -2.11. The number of hydrogen-bond acceptors (Lipinski definition) is 4. The summed E-state index contributed by atoms with van der Waals surface area (Å²) in [4.78, 5) is 20.5. The molecule has 5 nitrogen and oxygen atoms in total. The first-order valence-corrected chi connectivity index (χ1v) is 8.77. The van der Waals surface area contributed by atoms with Crippen LogP contribution in [-0.2, 0) is 4.79 Å². The Balaban J connectivity index is 1.44. The molecule has 1 heterocycles. The summed E-state index contributed by atoms with van der Waals surface area (Å²) in [5, 5.41) is 2.99. The smallest absolute Gasteiger partial charge is 0.321 e. The molecule has 1 aromatic heterocycles. The second kappa shape index (κ2) is 6.67. The predicted octanol–water partition coefficient (Wildman–Crippen LogP) is 4.26. The average molecular weight is 335 g/mol. The van der Waals surface area contributed by atoms with Gasteiger partial charge in [0.15, 0.2) is 0 Å². The molecule has 2 aliphatic carbocycles. The van der Waals surface area contributed by atoms with E-state index in [0.717, 1.165) is 11.3 Å². The first-order chi connectivity index (χ1) is 12.2. The number of rotatable bonds is 6. The summed E-state index contributed by atoms with van der Waals surface area (Å²) in [6, 6.07) is 7.58. The quantitative estimate of drug-likeness (QED) is 0.801. The number of anilines is 1. The monoisotopic (exact) mass is 335 g/mol. The Bertz CT molecular complexity index is 795. The Morgan fingerprint density at radius 3 is 2.44 bits per heavy atom. The Kier molecular flexibility index (Phi) is 4.22. The van der Waals surface area contributed by atoms with E-state index < -0.39 is 0 Å². The highest BCUT2D eigenvalue weighted by Gasteiger charge is 2.36. The van der Waals surface area contributed by atoms with Gasteiger partial charge in [0, 0.05) is 24.2 Å². The molecule has 0 spiro atoms. The van der Waals surface area contributed by atoms with Crippen molar-refractivity contribution in [1.82, 2.24) is 9.97 Å². The molecule has 2 fully saturated rings. The molecule has 0 radical (unpaired) electrons. The number of carbonyl (C=O) groups excluding carboxylic acids is 1. The van der Waals surface area contributed by atoms with E-state index in [-0.39, 0.29) is 5.91 Å². The van der Waals surface area contributed by atoms with Crippen LogP contribution in [0.2, 0.25) is 0 Å². The van der Waals surface area contributed by atoms with Gasteiger partial charge in [-0.25, -0.2) is 9.97 Å². The molecule has 5 heteroatoms. The van der Waals surface area contributed by atoms with E-state index in [1.807, 2.05) is 31.2 Å². The molecule has 0 aliphatic heterocycles. The fraction of sp³-hybridized carbons (Fsp3) is 0.350. The van der Waals surface area contributed by atoms with Crippen LogP contribution in [0.15, 0.2) is 48.3 Å². The molecule has 2 saturated carbocycles. The SMILES string of the molecule is Cc1cc(Oc2ncccn2)ccc1NC(=O)C=C(C1CC1)C1CC1. The van der Waals surface area contributed by atoms with Crippen molar-refractivity contribution in [3.63, 3.8) is 0 Å². The van der Waals surface area contributed by atoms with E-state index >= 15 is 0 Å². The van der Waals surface area contributed by atoms with Crippen molar-refractivity contribution in [3.05, 3.63) is 53.9 Å². The number of nitrogens with one attached hydrogen (secondary N) is 1. The largest absolute Gasteiger partial charge is 0.424 e. The molecule has 1 aromatic carbocycles. The van der Waals surface area contributed by atoms with Crippen molar-refractivity contribution < 1.29 is 9.53 Å². The van der Waals surface area contributed by atoms with E-state index in [0.29, 0.717) is 23.6 Å². The topological polar surface area (TPSA) is 64.1 Å². The zero-order valence-electron chi connectivity index (χ0n) is 14.2. The zero-order chi connectivity index (χ0) is 17.2. The lowest BCUT2D eigenvalue weighted by atomic mass is 10.1. The van der Waals surface area contributed by atoms with Crippen molar-refractivity contribution in [3.8, 4) is 11.8 Å². The minimum atomic E-state index is -0.0306. The van der Waals surface area contributed by atoms with E-state index in [9.17, 15) is 4.79 Å². The standard InChI is InChI=1S/C20H21N3O2/c1-13-11-16(25-20-21-9-2-10-22-20)7-8-18(13)23-19(24)12-17(14-3-4-14)15-5-6-15/h2,7-12,14-15H,3-6H2,1H3,(H,23,24).